The van der Waals surface area contributed by atoms with E-state index in [1.807, 2.05) is 22.6 Å². The lowest BCUT2D eigenvalue weighted by Gasteiger charge is -2.14. The number of amides is 1. The van der Waals surface area contributed by atoms with Crippen LogP contribution in [0, 0.1) is 9.49 Å². The second kappa shape index (κ2) is 6.86. The normalized spacial score (nSPS) is 12.5. The molecule has 1 aromatic heterocycles. The van der Waals surface area contributed by atoms with Crippen LogP contribution in [0.2, 0.25) is 0 Å². The minimum atomic E-state index is -0.582. The first-order valence-corrected chi connectivity index (χ1v) is 7.01. The Labute approximate surface area is 120 Å². The minimum absolute atomic E-state index is 0.175. The number of carbonyl (C=O) groups is 1. The van der Waals surface area contributed by atoms with Crippen molar-refractivity contribution in [3.05, 3.63) is 26.2 Å². The molecule has 0 saturated heterocycles. The number of rotatable bonds is 5. The van der Waals surface area contributed by atoms with E-state index in [-0.39, 0.29) is 11.5 Å². The second-order valence-corrected chi connectivity index (χ2v) is 5.85. The third-order valence-electron chi connectivity index (χ3n) is 2.56. The highest BCUT2D eigenvalue weighted by atomic mass is 127. The lowest BCUT2D eigenvalue weighted by molar-refractivity contribution is -0.124. The van der Waals surface area contributed by atoms with Crippen molar-refractivity contribution in [2.24, 2.45) is 5.92 Å². The van der Waals surface area contributed by atoms with Crippen LogP contribution in [0.25, 0.3) is 0 Å². The molecule has 1 rings (SSSR count). The summed E-state index contributed by atoms with van der Waals surface area (Å²) >= 11 is 2.02. The van der Waals surface area contributed by atoms with E-state index in [1.165, 1.54) is 10.7 Å². The van der Waals surface area contributed by atoms with Gasteiger partial charge in [-0.25, -0.2) is 4.68 Å². The molecule has 1 N–H and O–H groups in total. The predicted octanol–water partition coefficient (Wildman–Crippen LogP) is 1.57. The van der Waals surface area contributed by atoms with E-state index in [2.05, 4.69) is 24.3 Å². The van der Waals surface area contributed by atoms with Crippen LogP contribution < -0.4 is 10.9 Å². The Kier molecular flexibility index (Phi) is 5.77. The molecular weight excluding hydrogens is 345 g/mol. The summed E-state index contributed by atoms with van der Waals surface area (Å²) in [5.41, 5.74) is -0.256. The Hall–Kier alpha value is -0.920. The highest BCUT2D eigenvalue weighted by molar-refractivity contribution is 14.1. The molecule has 1 heterocycles. The van der Waals surface area contributed by atoms with Gasteiger partial charge in [0.1, 0.15) is 6.04 Å². The summed E-state index contributed by atoms with van der Waals surface area (Å²) < 4.78 is 1.97. The van der Waals surface area contributed by atoms with Gasteiger partial charge in [-0.15, -0.1) is 0 Å². The summed E-state index contributed by atoms with van der Waals surface area (Å²) in [5.74, 6) is 0.367. The first-order valence-electron chi connectivity index (χ1n) is 5.94. The lowest BCUT2D eigenvalue weighted by atomic mass is 10.1. The molecule has 1 aromatic rings. The molecule has 6 heteroatoms. The molecular formula is C12H18IN3O2. The Morgan fingerprint density at radius 3 is 2.72 bits per heavy atom. The summed E-state index contributed by atoms with van der Waals surface area (Å²) in [6.07, 6.45) is 2.49. The van der Waals surface area contributed by atoms with E-state index in [4.69, 9.17) is 0 Å². The van der Waals surface area contributed by atoms with Gasteiger partial charge in [-0.3, -0.25) is 9.59 Å². The van der Waals surface area contributed by atoms with Crippen molar-refractivity contribution in [1.82, 2.24) is 15.1 Å². The fourth-order valence-corrected chi connectivity index (χ4v) is 1.82. The third-order valence-corrected chi connectivity index (χ3v) is 3.15. The molecule has 0 fully saturated rings. The number of carbonyl (C=O) groups excluding carboxylic acids is 1. The molecule has 0 spiro atoms. The van der Waals surface area contributed by atoms with Crippen LogP contribution in [0.4, 0.5) is 0 Å². The van der Waals surface area contributed by atoms with Gasteiger partial charge < -0.3 is 5.32 Å². The van der Waals surface area contributed by atoms with Crippen LogP contribution >= 0.6 is 22.6 Å². The van der Waals surface area contributed by atoms with Crippen LogP contribution in [-0.4, -0.2) is 22.2 Å². The van der Waals surface area contributed by atoms with Crippen molar-refractivity contribution in [1.29, 1.82) is 0 Å². The van der Waals surface area contributed by atoms with E-state index in [0.717, 1.165) is 9.99 Å². The standard InChI is InChI=1S/C12H18IN3O2/c1-8(2)4-5-14-12(18)9(3)16-11(17)6-10(13)7-15-16/h6-9H,4-5H2,1-3H3,(H,14,18). The van der Waals surface area contributed by atoms with Gasteiger partial charge in [-0.05, 0) is 41.9 Å². The maximum absolute atomic E-state index is 11.8. The Bertz CT molecular complexity index is 471. The smallest absolute Gasteiger partial charge is 0.268 e. The quantitative estimate of drug-likeness (QED) is 0.808. The lowest BCUT2D eigenvalue weighted by Crippen LogP contribution is -2.37. The molecule has 1 atom stereocenters. The van der Waals surface area contributed by atoms with Crippen molar-refractivity contribution < 1.29 is 4.79 Å². The predicted molar refractivity (Wildman–Crippen MR) is 78.4 cm³/mol. The van der Waals surface area contributed by atoms with Crippen molar-refractivity contribution in [3.63, 3.8) is 0 Å². The topological polar surface area (TPSA) is 64.0 Å². The van der Waals surface area contributed by atoms with Gasteiger partial charge in [0, 0.05) is 16.2 Å². The zero-order valence-electron chi connectivity index (χ0n) is 10.8. The van der Waals surface area contributed by atoms with Crippen molar-refractivity contribution in [2.45, 2.75) is 33.2 Å². The first-order chi connectivity index (χ1) is 8.41. The first kappa shape index (κ1) is 15.1. The molecule has 1 unspecified atom stereocenters. The van der Waals surface area contributed by atoms with E-state index in [1.54, 1.807) is 13.1 Å². The van der Waals surface area contributed by atoms with Gasteiger partial charge >= 0.3 is 0 Å². The largest absolute Gasteiger partial charge is 0.354 e. The van der Waals surface area contributed by atoms with Gasteiger partial charge in [0.2, 0.25) is 5.91 Å². The Morgan fingerprint density at radius 1 is 1.50 bits per heavy atom. The highest BCUT2D eigenvalue weighted by Crippen LogP contribution is 2.03. The maximum atomic E-state index is 11.8. The van der Waals surface area contributed by atoms with Crippen LogP contribution in [0.1, 0.15) is 33.2 Å². The van der Waals surface area contributed by atoms with Crippen molar-refractivity contribution >= 4 is 28.5 Å². The van der Waals surface area contributed by atoms with Crippen LogP contribution in [0.3, 0.4) is 0 Å². The molecule has 0 saturated carbocycles. The summed E-state index contributed by atoms with van der Waals surface area (Å²) in [6.45, 7) is 6.49. The fourth-order valence-electron chi connectivity index (χ4n) is 1.43. The molecule has 5 nitrogen and oxygen atoms in total. The molecule has 0 aliphatic carbocycles. The summed E-state index contributed by atoms with van der Waals surface area (Å²) in [5, 5.41) is 6.79. The van der Waals surface area contributed by atoms with Gasteiger partial charge in [-0.1, -0.05) is 13.8 Å². The molecule has 0 aromatic carbocycles. The van der Waals surface area contributed by atoms with Gasteiger partial charge in [0.05, 0.1) is 6.20 Å². The molecule has 18 heavy (non-hydrogen) atoms. The maximum Gasteiger partial charge on any atom is 0.268 e. The number of nitrogens with one attached hydrogen (secondary N) is 1. The zero-order chi connectivity index (χ0) is 13.7. The molecule has 0 bridgehead atoms. The van der Waals surface area contributed by atoms with E-state index in [9.17, 15) is 9.59 Å². The van der Waals surface area contributed by atoms with Crippen LogP contribution in [-0.2, 0) is 4.79 Å². The summed E-state index contributed by atoms with van der Waals surface area (Å²) in [7, 11) is 0. The van der Waals surface area contributed by atoms with Gasteiger partial charge in [0.25, 0.3) is 5.56 Å². The van der Waals surface area contributed by atoms with Crippen molar-refractivity contribution in [2.75, 3.05) is 6.54 Å². The van der Waals surface area contributed by atoms with Crippen molar-refractivity contribution in [3.8, 4) is 0 Å². The number of halogens is 1. The molecule has 0 aliphatic heterocycles. The average molecular weight is 363 g/mol. The zero-order valence-corrected chi connectivity index (χ0v) is 13.0. The van der Waals surface area contributed by atoms with Crippen LogP contribution in [0.5, 0.6) is 0 Å². The fraction of sp³-hybridized carbons (Fsp3) is 0.583. The monoisotopic (exact) mass is 363 g/mol. The Balaban J connectivity index is 2.66. The molecule has 0 aliphatic rings. The van der Waals surface area contributed by atoms with E-state index >= 15 is 0 Å². The average Bonchev–Trinajstić information content (AvgIpc) is 2.27. The van der Waals surface area contributed by atoms with E-state index in [0.29, 0.717) is 12.5 Å². The van der Waals surface area contributed by atoms with Gasteiger partial charge in [0.15, 0.2) is 0 Å². The number of aromatic nitrogens is 2. The van der Waals surface area contributed by atoms with Crippen LogP contribution in [0.15, 0.2) is 17.1 Å². The van der Waals surface area contributed by atoms with E-state index < -0.39 is 6.04 Å². The Morgan fingerprint density at radius 2 is 2.17 bits per heavy atom. The molecule has 0 radical (unpaired) electrons. The number of hydrogen-bond acceptors (Lipinski definition) is 3. The number of nitrogens with zero attached hydrogens (tertiary/aromatic N) is 2. The highest BCUT2D eigenvalue weighted by Gasteiger charge is 2.16. The third kappa shape index (κ3) is 4.40. The molecule has 1 amide bonds. The second-order valence-electron chi connectivity index (χ2n) is 4.61. The summed E-state index contributed by atoms with van der Waals surface area (Å²) in [4.78, 5) is 23.5. The molecule has 100 valence electrons. The van der Waals surface area contributed by atoms with Gasteiger partial charge in [-0.2, -0.15) is 5.10 Å². The number of hydrogen-bond donors (Lipinski definition) is 1. The summed E-state index contributed by atoms with van der Waals surface area (Å²) in [6, 6.07) is 0.882. The minimum Gasteiger partial charge on any atom is -0.354 e. The SMILES string of the molecule is CC(C)CCNC(=O)C(C)n1ncc(I)cc1=O.